The molecule has 0 unspecified atom stereocenters. The highest BCUT2D eigenvalue weighted by molar-refractivity contribution is 7.91. The summed E-state index contributed by atoms with van der Waals surface area (Å²) in [5.74, 6) is 0. The lowest BCUT2D eigenvalue weighted by molar-refractivity contribution is 0.0363. The minimum atomic E-state index is -3.57. The number of nitrogens with zero attached hydrogens (tertiary/aromatic N) is 2. The number of sulfonamides is 2. The maximum atomic E-state index is 12.0. The molecule has 0 aromatic carbocycles. The van der Waals surface area contributed by atoms with Crippen LogP contribution in [0.15, 0.2) is 21.7 Å². The van der Waals surface area contributed by atoms with Crippen LogP contribution < -0.4 is 4.72 Å². The van der Waals surface area contributed by atoms with Crippen molar-refractivity contribution in [3.8, 4) is 0 Å². The van der Waals surface area contributed by atoms with Gasteiger partial charge in [-0.25, -0.2) is 21.6 Å². The van der Waals surface area contributed by atoms with Crippen molar-refractivity contribution < 1.29 is 21.6 Å². The molecule has 0 aliphatic carbocycles. The molecule has 0 radical (unpaired) electrons. The molecular weight excluding hydrogens is 374 g/mol. The second kappa shape index (κ2) is 8.70. The third kappa shape index (κ3) is 6.06. The lowest BCUT2D eigenvalue weighted by atomic mass is 10.4. The zero-order valence-corrected chi connectivity index (χ0v) is 16.0. The predicted octanol–water partition coefficient (Wildman–Crippen LogP) is -0.380. The first kappa shape index (κ1) is 19.8. The van der Waals surface area contributed by atoms with Gasteiger partial charge in [-0.05, 0) is 11.4 Å². The fourth-order valence-electron chi connectivity index (χ4n) is 2.31. The van der Waals surface area contributed by atoms with E-state index in [1.807, 2.05) is 0 Å². The van der Waals surface area contributed by atoms with Gasteiger partial charge in [0.25, 0.3) is 0 Å². The van der Waals surface area contributed by atoms with Gasteiger partial charge in [0.05, 0.1) is 19.5 Å². The van der Waals surface area contributed by atoms with Crippen molar-refractivity contribution in [1.82, 2.24) is 13.9 Å². The molecule has 11 heteroatoms. The molecule has 1 aliphatic heterocycles. The van der Waals surface area contributed by atoms with Crippen molar-refractivity contribution in [2.75, 3.05) is 58.7 Å². The lowest BCUT2D eigenvalue weighted by Gasteiger charge is -2.29. The van der Waals surface area contributed by atoms with E-state index in [1.54, 1.807) is 11.4 Å². The minimum absolute atomic E-state index is 0.0381. The Labute approximate surface area is 147 Å². The number of hydrogen-bond acceptors (Lipinski definition) is 7. The highest BCUT2D eigenvalue weighted by atomic mass is 32.2. The van der Waals surface area contributed by atoms with Crippen molar-refractivity contribution in [2.45, 2.75) is 4.21 Å². The van der Waals surface area contributed by atoms with Crippen LogP contribution in [0.5, 0.6) is 0 Å². The summed E-state index contributed by atoms with van der Waals surface area (Å²) in [6.07, 6.45) is 1.14. The maximum absolute atomic E-state index is 12.0. The maximum Gasteiger partial charge on any atom is 0.250 e. The Balaban J connectivity index is 1.85. The van der Waals surface area contributed by atoms with Crippen molar-refractivity contribution in [3.63, 3.8) is 0 Å². The zero-order valence-electron chi connectivity index (χ0n) is 13.5. The van der Waals surface area contributed by atoms with Crippen LogP contribution in [0.4, 0.5) is 0 Å². The molecular formula is C13H23N3O5S3. The molecule has 138 valence electrons. The average Bonchev–Trinajstić information content (AvgIpc) is 3.05. The minimum Gasteiger partial charge on any atom is -0.379 e. The van der Waals surface area contributed by atoms with Crippen LogP contribution in [0.3, 0.4) is 0 Å². The Morgan fingerprint density at radius 1 is 1.25 bits per heavy atom. The summed E-state index contributed by atoms with van der Waals surface area (Å²) in [7, 11) is -6.97. The number of ether oxygens (including phenoxy) is 1. The van der Waals surface area contributed by atoms with Gasteiger partial charge in [-0.3, -0.25) is 4.90 Å². The van der Waals surface area contributed by atoms with Gasteiger partial charge in [-0.2, -0.15) is 4.31 Å². The molecule has 1 N–H and O–H groups in total. The highest BCUT2D eigenvalue weighted by Gasteiger charge is 2.20. The normalized spacial score (nSPS) is 17.4. The van der Waals surface area contributed by atoms with Gasteiger partial charge >= 0.3 is 0 Å². The SMILES string of the molecule is CS(=O)(=O)N(CCNS(=O)(=O)c1cccs1)CCN1CCOCC1. The fraction of sp³-hybridized carbons (Fsp3) is 0.692. The second-order valence-corrected chi connectivity index (χ2v) is 10.4. The van der Waals surface area contributed by atoms with Crippen LogP contribution in [0.2, 0.25) is 0 Å². The van der Waals surface area contributed by atoms with Gasteiger partial charge in [-0.15, -0.1) is 11.3 Å². The first-order valence-electron chi connectivity index (χ1n) is 7.57. The molecule has 8 nitrogen and oxygen atoms in total. The molecule has 0 spiro atoms. The van der Waals surface area contributed by atoms with Gasteiger partial charge in [0.15, 0.2) is 0 Å². The Morgan fingerprint density at radius 2 is 1.96 bits per heavy atom. The van der Waals surface area contributed by atoms with Crippen LogP contribution in [0.1, 0.15) is 0 Å². The third-order valence-electron chi connectivity index (χ3n) is 3.65. The van der Waals surface area contributed by atoms with E-state index in [0.29, 0.717) is 26.3 Å². The molecule has 1 fully saturated rings. The van der Waals surface area contributed by atoms with E-state index >= 15 is 0 Å². The van der Waals surface area contributed by atoms with E-state index in [9.17, 15) is 16.8 Å². The summed E-state index contributed by atoms with van der Waals surface area (Å²) in [5.41, 5.74) is 0. The largest absolute Gasteiger partial charge is 0.379 e. The lowest BCUT2D eigenvalue weighted by Crippen LogP contribution is -2.44. The van der Waals surface area contributed by atoms with Crippen LogP contribution in [0.25, 0.3) is 0 Å². The Kier molecular flexibility index (Phi) is 7.16. The standard InChI is InChI=1S/C13H23N3O5S3/c1-23(17,18)16(7-6-15-8-10-21-11-9-15)5-4-14-24(19,20)13-3-2-12-22-13/h2-3,12,14H,4-11H2,1H3. The van der Waals surface area contributed by atoms with Crippen molar-refractivity contribution >= 4 is 31.4 Å². The third-order valence-corrected chi connectivity index (χ3v) is 7.81. The number of morpholine rings is 1. The van der Waals surface area contributed by atoms with E-state index < -0.39 is 20.0 Å². The van der Waals surface area contributed by atoms with Gasteiger partial charge in [0, 0.05) is 39.3 Å². The number of thiophene rings is 1. The zero-order chi connectivity index (χ0) is 17.6. The van der Waals surface area contributed by atoms with Gasteiger partial charge in [0.2, 0.25) is 20.0 Å². The van der Waals surface area contributed by atoms with Crippen LogP contribution >= 0.6 is 11.3 Å². The summed E-state index contributed by atoms with van der Waals surface area (Å²) in [6.45, 7) is 3.95. The number of nitrogens with one attached hydrogen (secondary N) is 1. The van der Waals surface area contributed by atoms with Crippen molar-refractivity contribution in [2.24, 2.45) is 0 Å². The molecule has 1 aromatic heterocycles. The van der Waals surface area contributed by atoms with Crippen molar-refractivity contribution in [3.05, 3.63) is 17.5 Å². The predicted molar refractivity (Wildman–Crippen MR) is 93.2 cm³/mol. The monoisotopic (exact) mass is 397 g/mol. The molecule has 0 saturated carbocycles. The van der Waals surface area contributed by atoms with E-state index in [1.165, 1.54) is 10.4 Å². The van der Waals surface area contributed by atoms with E-state index in [0.717, 1.165) is 30.7 Å². The van der Waals surface area contributed by atoms with Crippen molar-refractivity contribution in [1.29, 1.82) is 0 Å². The topological polar surface area (TPSA) is 96.0 Å². The second-order valence-electron chi connectivity index (χ2n) is 5.45. The van der Waals surface area contributed by atoms with Gasteiger partial charge < -0.3 is 4.74 Å². The summed E-state index contributed by atoms with van der Waals surface area (Å²) >= 11 is 1.12. The fourth-order valence-corrected chi connectivity index (χ4v) is 5.21. The van der Waals surface area contributed by atoms with E-state index in [4.69, 9.17) is 4.74 Å². The summed E-state index contributed by atoms with van der Waals surface area (Å²) in [5, 5.41) is 1.68. The summed E-state index contributed by atoms with van der Waals surface area (Å²) in [4.78, 5) is 2.14. The molecule has 1 saturated heterocycles. The molecule has 1 aliphatic rings. The molecule has 0 bridgehead atoms. The van der Waals surface area contributed by atoms with Gasteiger partial charge in [-0.1, -0.05) is 6.07 Å². The molecule has 2 rings (SSSR count). The number of hydrogen-bond donors (Lipinski definition) is 1. The molecule has 0 atom stereocenters. The summed E-state index contributed by atoms with van der Waals surface area (Å²) in [6, 6.07) is 3.17. The first-order chi connectivity index (χ1) is 11.3. The highest BCUT2D eigenvalue weighted by Crippen LogP contribution is 2.15. The smallest absolute Gasteiger partial charge is 0.250 e. The molecule has 24 heavy (non-hydrogen) atoms. The molecule has 2 heterocycles. The Hall–Kier alpha value is -0.560. The summed E-state index contributed by atoms with van der Waals surface area (Å²) < 4.78 is 57.1. The van der Waals surface area contributed by atoms with Crippen LogP contribution in [-0.2, 0) is 24.8 Å². The Bertz CT molecular complexity index is 697. The van der Waals surface area contributed by atoms with Crippen LogP contribution in [-0.4, -0.2) is 84.8 Å². The van der Waals surface area contributed by atoms with Gasteiger partial charge in [0.1, 0.15) is 4.21 Å². The Morgan fingerprint density at radius 3 is 2.54 bits per heavy atom. The van der Waals surface area contributed by atoms with E-state index in [2.05, 4.69) is 9.62 Å². The average molecular weight is 398 g/mol. The van der Waals surface area contributed by atoms with Crippen LogP contribution in [0, 0.1) is 0 Å². The first-order valence-corrected chi connectivity index (χ1v) is 11.8. The molecule has 1 aromatic rings. The van der Waals surface area contributed by atoms with E-state index in [-0.39, 0.29) is 17.3 Å². The molecule has 0 amide bonds. The quantitative estimate of drug-likeness (QED) is 0.610. The number of rotatable bonds is 9.